The number of methoxy groups -OCH3 is 1. The predicted octanol–water partition coefficient (Wildman–Crippen LogP) is 3.47. The van der Waals surface area contributed by atoms with Gasteiger partial charge in [0.05, 0.1) is 18.2 Å². The lowest BCUT2D eigenvalue weighted by Crippen LogP contribution is -2.18. The maximum atomic E-state index is 12.6. The highest BCUT2D eigenvalue weighted by molar-refractivity contribution is 6.05. The second-order valence-electron chi connectivity index (χ2n) is 6.50. The van der Waals surface area contributed by atoms with E-state index in [1.807, 2.05) is 31.2 Å². The highest BCUT2D eigenvalue weighted by Crippen LogP contribution is 2.23. The van der Waals surface area contributed by atoms with E-state index in [1.165, 1.54) is 12.0 Å². The molecule has 132 valence electrons. The Morgan fingerprint density at radius 3 is 2.85 bits per heavy atom. The van der Waals surface area contributed by atoms with Crippen molar-refractivity contribution in [2.24, 2.45) is 0 Å². The van der Waals surface area contributed by atoms with E-state index in [9.17, 15) is 4.79 Å². The number of benzene rings is 1. The fourth-order valence-electron chi connectivity index (χ4n) is 3.36. The molecule has 1 aliphatic carbocycles. The van der Waals surface area contributed by atoms with Crippen LogP contribution in [0.15, 0.2) is 30.5 Å². The van der Waals surface area contributed by atoms with E-state index in [1.54, 1.807) is 13.3 Å². The van der Waals surface area contributed by atoms with Gasteiger partial charge in [-0.15, -0.1) is 0 Å². The number of aromatic nitrogens is 3. The number of fused-ring (bicyclic) bond motifs is 2. The Hall–Kier alpha value is -3.02. The summed E-state index contributed by atoms with van der Waals surface area (Å²) in [6.45, 7) is 1.98. The first-order valence-electron chi connectivity index (χ1n) is 8.75. The Bertz CT molecular complexity index is 1000. The van der Waals surface area contributed by atoms with Crippen LogP contribution in [0.5, 0.6) is 5.75 Å². The molecule has 0 spiro atoms. The van der Waals surface area contributed by atoms with Gasteiger partial charge in [-0.3, -0.25) is 15.1 Å². The van der Waals surface area contributed by atoms with Crippen LogP contribution >= 0.6 is 0 Å². The molecule has 1 aliphatic rings. The summed E-state index contributed by atoms with van der Waals surface area (Å²) in [5.41, 5.74) is 4.50. The predicted molar refractivity (Wildman–Crippen MR) is 99.7 cm³/mol. The number of hydrogen-bond donors (Lipinski definition) is 1. The van der Waals surface area contributed by atoms with Crippen LogP contribution < -0.4 is 10.1 Å². The van der Waals surface area contributed by atoms with Crippen molar-refractivity contribution in [3.63, 3.8) is 0 Å². The van der Waals surface area contributed by atoms with Gasteiger partial charge in [0.1, 0.15) is 5.75 Å². The van der Waals surface area contributed by atoms with Crippen LogP contribution in [0.4, 0.5) is 5.95 Å². The number of ether oxygens (including phenoxy) is 1. The summed E-state index contributed by atoms with van der Waals surface area (Å²) < 4.78 is 5.20. The molecule has 4 rings (SSSR count). The quantitative estimate of drug-likeness (QED) is 0.784. The molecule has 3 aromatic rings. The van der Waals surface area contributed by atoms with Crippen molar-refractivity contribution in [2.45, 2.75) is 32.6 Å². The minimum atomic E-state index is -0.259. The van der Waals surface area contributed by atoms with E-state index >= 15 is 0 Å². The average Bonchev–Trinajstić information content (AvgIpc) is 2.67. The Balaban J connectivity index is 1.60. The van der Waals surface area contributed by atoms with Gasteiger partial charge >= 0.3 is 0 Å². The number of nitrogens with zero attached hydrogens (tertiary/aromatic N) is 3. The number of amides is 1. The molecule has 26 heavy (non-hydrogen) atoms. The van der Waals surface area contributed by atoms with E-state index in [0.717, 1.165) is 47.3 Å². The second kappa shape index (κ2) is 6.71. The van der Waals surface area contributed by atoms with Crippen molar-refractivity contribution in [3.05, 3.63) is 53.0 Å². The van der Waals surface area contributed by atoms with E-state index in [4.69, 9.17) is 4.74 Å². The molecule has 0 fully saturated rings. The van der Waals surface area contributed by atoms with E-state index in [-0.39, 0.29) is 5.91 Å². The molecule has 6 heteroatoms. The Kier molecular flexibility index (Phi) is 4.24. The van der Waals surface area contributed by atoms with Gasteiger partial charge < -0.3 is 4.74 Å². The van der Waals surface area contributed by atoms with Gasteiger partial charge in [0.25, 0.3) is 5.91 Å². The normalized spacial score (nSPS) is 13.3. The lowest BCUT2D eigenvalue weighted by atomic mass is 9.95. The fourth-order valence-corrected chi connectivity index (χ4v) is 3.36. The van der Waals surface area contributed by atoms with Crippen LogP contribution in [0.3, 0.4) is 0 Å². The number of aryl methyl sites for hydroxylation is 2. The van der Waals surface area contributed by atoms with E-state index in [0.29, 0.717) is 11.5 Å². The van der Waals surface area contributed by atoms with Crippen molar-refractivity contribution in [3.8, 4) is 5.75 Å². The molecular weight excluding hydrogens is 328 g/mol. The van der Waals surface area contributed by atoms with Gasteiger partial charge in [-0.1, -0.05) is 0 Å². The first kappa shape index (κ1) is 16.4. The second-order valence-corrected chi connectivity index (χ2v) is 6.50. The zero-order valence-electron chi connectivity index (χ0n) is 14.9. The first-order valence-corrected chi connectivity index (χ1v) is 8.75. The van der Waals surface area contributed by atoms with Crippen LogP contribution in [0.25, 0.3) is 10.9 Å². The van der Waals surface area contributed by atoms with Gasteiger partial charge in [0.15, 0.2) is 0 Å². The Morgan fingerprint density at radius 2 is 2.00 bits per heavy atom. The largest absolute Gasteiger partial charge is 0.497 e. The number of anilines is 1. The molecule has 0 unspecified atom stereocenters. The van der Waals surface area contributed by atoms with Crippen molar-refractivity contribution < 1.29 is 9.53 Å². The van der Waals surface area contributed by atoms with Crippen molar-refractivity contribution in [1.82, 2.24) is 15.0 Å². The third kappa shape index (κ3) is 3.10. The molecule has 6 nitrogen and oxygen atoms in total. The van der Waals surface area contributed by atoms with Gasteiger partial charge in [-0.05, 0) is 56.4 Å². The van der Waals surface area contributed by atoms with Gasteiger partial charge in [0.2, 0.25) is 5.95 Å². The smallest absolute Gasteiger partial charge is 0.259 e. The summed E-state index contributed by atoms with van der Waals surface area (Å²) in [6.07, 6.45) is 5.84. The van der Waals surface area contributed by atoms with Crippen molar-refractivity contribution in [1.29, 1.82) is 0 Å². The number of rotatable bonds is 3. The summed E-state index contributed by atoms with van der Waals surface area (Å²) in [7, 11) is 1.61. The zero-order chi connectivity index (χ0) is 18.1. The summed E-state index contributed by atoms with van der Waals surface area (Å²) in [5, 5.41) is 3.69. The van der Waals surface area contributed by atoms with Gasteiger partial charge in [-0.2, -0.15) is 0 Å². The van der Waals surface area contributed by atoms with Crippen LogP contribution in [-0.2, 0) is 12.8 Å². The summed E-state index contributed by atoms with van der Waals surface area (Å²) in [5.74, 6) is 0.841. The van der Waals surface area contributed by atoms with Crippen molar-refractivity contribution >= 4 is 22.8 Å². The molecule has 0 radical (unpaired) electrons. The van der Waals surface area contributed by atoms with E-state index in [2.05, 4.69) is 20.3 Å². The third-order valence-electron chi connectivity index (χ3n) is 4.77. The molecule has 1 aromatic carbocycles. The molecule has 0 aliphatic heterocycles. The topological polar surface area (TPSA) is 77.0 Å². The molecule has 0 saturated carbocycles. The van der Waals surface area contributed by atoms with Gasteiger partial charge in [-0.25, -0.2) is 9.97 Å². The monoisotopic (exact) mass is 348 g/mol. The van der Waals surface area contributed by atoms with Gasteiger partial charge in [0, 0.05) is 29.0 Å². The standard InChI is InChI=1S/C20H20N4O2/c1-12-16-5-3-4-6-17(16)23-20(22-12)24-19(25)14-9-13-7-8-15(26-2)10-18(13)21-11-14/h7-11H,3-6H2,1-2H3,(H,22,23,24,25). The summed E-state index contributed by atoms with van der Waals surface area (Å²) >= 11 is 0. The highest BCUT2D eigenvalue weighted by Gasteiger charge is 2.17. The molecule has 0 atom stereocenters. The number of carbonyl (C=O) groups excluding carboxylic acids is 1. The van der Waals surface area contributed by atoms with Crippen LogP contribution in [0.2, 0.25) is 0 Å². The Morgan fingerprint density at radius 1 is 1.15 bits per heavy atom. The molecule has 2 aromatic heterocycles. The van der Waals surface area contributed by atoms with Crippen LogP contribution in [0.1, 0.15) is 40.2 Å². The maximum absolute atomic E-state index is 12.6. The van der Waals surface area contributed by atoms with Crippen molar-refractivity contribution in [2.75, 3.05) is 12.4 Å². The number of hydrogen-bond acceptors (Lipinski definition) is 5. The summed E-state index contributed by atoms with van der Waals surface area (Å²) in [6, 6.07) is 7.38. The number of pyridine rings is 1. The molecule has 1 N–H and O–H groups in total. The first-order chi connectivity index (χ1) is 12.6. The lowest BCUT2D eigenvalue weighted by molar-refractivity contribution is 0.102. The fraction of sp³-hybridized carbons (Fsp3) is 0.300. The molecule has 2 heterocycles. The lowest BCUT2D eigenvalue weighted by Gasteiger charge is -2.17. The average molecular weight is 348 g/mol. The maximum Gasteiger partial charge on any atom is 0.259 e. The molecule has 1 amide bonds. The molecule has 0 bridgehead atoms. The van der Waals surface area contributed by atoms with Crippen LogP contribution in [-0.4, -0.2) is 28.0 Å². The number of carbonyl (C=O) groups is 1. The highest BCUT2D eigenvalue weighted by atomic mass is 16.5. The Labute approximate surface area is 151 Å². The van der Waals surface area contributed by atoms with Crippen LogP contribution in [0, 0.1) is 6.92 Å². The summed E-state index contributed by atoms with van der Waals surface area (Å²) in [4.78, 5) is 26.0. The molecular formula is C20H20N4O2. The SMILES string of the molecule is COc1ccc2cc(C(=O)Nc3nc(C)c4c(n3)CCCC4)cnc2c1. The van der Waals surface area contributed by atoms with E-state index < -0.39 is 0 Å². The number of nitrogens with one attached hydrogen (secondary N) is 1. The zero-order valence-corrected chi connectivity index (χ0v) is 14.9. The molecule has 0 saturated heterocycles. The minimum Gasteiger partial charge on any atom is -0.497 e. The third-order valence-corrected chi connectivity index (χ3v) is 4.77. The minimum absolute atomic E-state index is 0.259.